The third kappa shape index (κ3) is 4.90. The third-order valence-electron chi connectivity index (χ3n) is 5.91. The fourth-order valence-electron chi connectivity index (χ4n) is 3.96. The molecule has 1 atom stereocenters. The second-order valence-electron chi connectivity index (χ2n) is 7.86. The molecule has 4 heteroatoms. The Balaban J connectivity index is 1.47. The normalized spacial score (nSPS) is 22.1. The lowest BCUT2D eigenvalue weighted by Crippen LogP contribution is -2.45. The highest BCUT2D eigenvalue weighted by Crippen LogP contribution is 2.23. The van der Waals surface area contributed by atoms with Gasteiger partial charge in [0.1, 0.15) is 0 Å². The van der Waals surface area contributed by atoms with Crippen molar-refractivity contribution in [2.75, 3.05) is 31.1 Å². The minimum Gasteiger partial charge on any atom is -0.372 e. The quantitative estimate of drug-likeness (QED) is 0.887. The van der Waals surface area contributed by atoms with Gasteiger partial charge in [-0.1, -0.05) is 32.4 Å². The van der Waals surface area contributed by atoms with Crippen LogP contribution in [0.4, 0.5) is 10.5 Å². The average Bonchev–Trinajstić information content (AvgIpc) is 2.67. The summed E-state index contributed by atoms with van der Waals surface area (Å²) in [6, 6.07) is 8.79. The van der Waals surface area contributed by atoms with E-state index in [0.29, 0.717) is 12.5 Å². The van der Waals surface area contributed by atoms with Crippen molar-refractivity contribution < 1.29 is 4.79 Å². The Morgan fingerprint density at radius 2 is 1.84 bits per heavy atom. The summed E-state index contributed by atoms with van der Waals surface area (Å²) in [4.78, 5) is 16.8. The topological polar surface area (TPSA) is 35.6 Å². The molecule has 0 aromatic heterocycles. The molecule has 1 unspecified atom stereocenters. The standard InChI is InChI=1S/C21H33N3O/c1-3-18-5-4-12-24(16-18)21(25)22-15-19-6-8-20(9-7-19)23-13-10-17(2)11-14-23/h6-9,17-18H,3-5,10-16H2,1-2H3,(H,22,25). The van der Waals surface area contributed by atoms with Gasteiger partial charge in [0, 0.05) is 38.4 Å². The highest BCUT2D eigenvalue weighted by molar-refractivity contribution is 5.74. The van der Waals surface area contributed by atoms with Gasteiger partial charge in [-0.2, -0.15) is 0 Å². The third-order valence-corrected chi connectivity index (χ3v) is 5.91. The number of benzene rings is 1. The van der Waals surface area contributed by atoms with Gasteiger partial charge in [-0.05, 0) is 55.2 Å². The van der Waals surface area contributed by atoms with Crippen LogP contribution in [0.1, 0.15) is 51.5 Å². The molecule has 0 saturated carbocycles. The highest BCUT2D eigenvalue weighted by Gasteiger charge is 2.22. The highest BCUT2D eigenvalue weighted by atomic mass is 16.2. The van der Waals surface area contributed by atoms with Crippen molar-refractivity contribution in [2.45, 2.75) is 52.5 Å². The van der Waals surface area contributed by atoms with Crippen LogP contribution in [0, 0.1) is 11.8 Å². The summed E-state index contributed by atoms with van der Waals surface area (Å²) in [5.74, 6) is 1.53. The molecule has 0 bridgehead atoms. The Bertz CT molecular complexity index is 549. The molecular weight excluding hydrogens is 310 g/mol. The first-order valence-corrected chi connectivity index (χ1v) is 10.0. The van der Waals surface area contributed by atoms with Crippen molar-refractivity contribution in [1.82, 2.24) is 10.2 Å². The molecule has 0 aliphatic carbocycles. The Labute approximate surface area is 152 Å². The zero-order valence-electron chi connectivity index (χ0n) is 15.8. The van der Waals surface area contributed by atoms with E-state index in [2.05, 4.69) is 48.3 Å². The van der Waals surface area contributed by atoms with E-state index in [9.17, 15) is 4.79 Å². The minimum absolute atomic E-state index is 0.0900. The molecule has 1 N–H and O–H groups in total. The molecular formula is C21H33N3O. The van der Waals surface area contributed by atoms with Crippen LogP contribution < -0.4 is 10.2 Å². The van der Waals surface area contributed by atoms with E-state index in [1.807, 2.05) is 4.90 Å². The van der Waals surface area contributed by atoms with Gasteiger partial charge in [-0.3, -0.25) is 0 Å². The van der Waals surface area contributed by atoms with E-state index >= 15 is 0 Å². The van der Waals surface area contributed by atoms with Crippen LogP contribution in [0.15, 0.2) is 24.3 Å². The minimum atomic E-state index is 0.0900. The SMILES string of the molecule is CCC1CCCN(C(=O)NCc2ccc(N3CCC(C)CC3)cc2)C1. The molecule has 2 aliphatic heterocycles. The van der Waals surface area contributed by atoms with Crippen LogP contribution in [0.2, 0.25) is 0 Å². The average molecular weight is 344 g/mol. The number of anilines is 1. The van der Waals surface area contributed by atoms with Crippen LogP contribution in [0.3, 0.4) is 0 Å². The molecule has 138 valence electrons. The Morgan fingerprint density at radius 1 is 1.12 bits per heavy atom. The van der Waals surface area contributed by atoms with Crippen LogP contribution in [0.5, 0.6) is 0 Å². The Morgan fingerprint density at radius 3 is 2.52 bits per heavy atom. The first kappa shape index (κ1) is 18.1. The number of carbonyl (C=O) groups is 1. The smallest absolute Gasteiger partial charge is 0.317 e. The van der Waals surface area contributed by atoms with Gasteiger partial charge in [0.15, 0.2) is 0 Å². The molecule has 25 heavy (non-hydrogen) atoms. The molecule has 3 rings (SSSR count). The monoisotopic (exact) mass is 343 g/mol. The predicted octanol–water partition coefficient (Wildman–Crippen LogP) is 4.25. The van der Waals surface area contributed by atoms with Gasteiger partial charge in [0.2, 0.25) is 0 Å². The summed E-state index contributed by atoms with van der Waals surface area (Å²) in [7, 11) is 0. The first-order chi connectivity index (χ1) is 12.2. The zero-order chi connectivity index (χ0) is 17.6. The fourth-order valence-corrected chi connectivity index (χ4v) is 3.96. The van der Waals surface area contributed by atoms with Gasteiger partial charge < -0.3 is 15.1 Å². The van der Waals surface area contributed by atoms with Crippen LogP contribution >= 0.6 is 0 Å². The number of urea groups is 1. The Kier molecular flexibility index (Phi) is 6.22. The number of hydrogen-bond donors (Lipinski definition) is 1. The van der Waals surface area contributed by atoms with E-state index in [4.69, 9.17) is 0 Å². The van der Waals surface area contributed by atoms with Crippen molar-refractivity contribution in [3.05, 3.63) is 29.8 Å². The molecule has 2 saturated heterocycles. The number of piperidine rings is 2. The summed E-state index contributed by atoms with van der Waals surface area (Å²) in [5, 5.41) is 3.09. The van der Waals surface area contributed by atoms with Gasteiger partial charge in [-0.25, -0.2) is 4.79 Å². The summed E-state index contributed by atoms with van der Waals surface area (Å²) < 4.78 is 0. The number of hydrogen-bond acceptors (Lipinski definition) is 2. The second-order valence-corrected chi connectivity index (χ2v) is 7.86. The molecule has 0 radical (unpaired) electrons. The summed E-state index contributed by atoms with van der Waals surface area (Å²) in [5.41, 5.74) is 2.48. The van der Waals surface area contributed by atoms with E-state index in [0.717, 1.165) is 38.5 Å². The van der Waals surface area contributed by atoms with E-state index in [-0.39, 0.29) is 6.03 Å². The van der Waals surface area contributed by atoms with E-state index < -0.39 is 0 Å². The van der Waals surface area contributed by atoms with Gasteiger partial charge in [0.25, 0.3) is 0 Å². The molecule has 2 fully saturated rings. The fraction of sp³-hybridized carbons (Fsp3) is 0.667. The number of nitrogens with zero attached hydrogens (tertiary/aromatic N) is 2. The van der Waals surface area contributed by atoms with Crippen molar-refractivity contribution >= 4 is 11.7 Å². The lowest BCUT2D eigenvalue weighted by atomic mass is 9.96. The largest absolute Gasteiger partial charge is 0.372 e. The molecule has 1 aromatic rings. The van der Waals surface area contributed by atoms with Gasteiger partial charge >= 0.3 is 6.03 Å². The maximum Gasteiger partial charge on any atom is 0.317 e. The molecule has 2 heterocycles. The summed E-state index contributed by atoms with van der Waals surface area (Å²) in [6.45, 7) is 9.30. The maximum absolute atomic E-state index is 12.4. The zero-order valence-corrected chi connectivity index (χ0v) is 15.8. The number of carbonyl (C=O) groups excluding carboxylic acids is 1. The molecule has 2 aliphatic rings. The lowest BCUT2D eigenvalue weighted by Gasteiger charge is -2.32. The van der Waals surface area contributed by atoms with Crippen LogP contribution in [-0.4, -0.2) is 37.1 Å². The first-order valence-electron chi connectivity index (χ1n) is 10.0. The molecule has 4 nitrogen and oxygen atoms in total. The van der Waals surface area contributed by atoms with Crippen molar-refractivity contribution in [2.24, 2.45) is 11.8 Å². The Hall–Kier alpha value is -1.71. The summed E-state index contributed by atoms with van der Waals surface area (Å²) >= 11 is 0. The van der Waals surface area contributed by atoms with Crippen molar-refractivity contribution in [3.63, 3.8) is 0 Å². The molecule has 0 spiro atoms. The molecule has 2 amide bonds. The number of nitrogens with one attached hydrogen (secondary N) is 1. The van der Waals surface area contributed by atoms with Crippen molar-refractivity contribution in [1.29, 1.82) is 0 Å². The maximum atomic E-state index is 12.4. The number of likely N-dealkylation sites (tertiary alicyclic amines) is 1. The van der Waals surface area contributed by atoms with Crippen molar-refractivity contribution in [3.8, 4) is 0 Å². The number of amides is 2. The lowest BCUT2D eigenvalue weighted by molar-refractivity contribution is 0.163. The van der Waals surface area contributed by atoms with Crippen LogP contribution in [-0.2, 0) is 6.54 Å². The number of rotatable bonds is 4. The van der Waals surface area contributed by atoms with Gasteiger partial charge in [0.05, 0.1) is 0 Å². The molecule has 1 aromatic carbocycles. The predicted molar refractivity (Wildman–Crippen MR) is 104 cm³/mol. The van der Waals surface area contributed by atoms with Gasteiger partial charge in [-0.15, -0.1) is 0 Å². The van der Waals surface area contributed by atoms with E-state index in [1.165, 1.54) is 36.9 Å². The summed E-state index contributed by atoms with van der Waals surface area (Å²) in [6.07, 6.45) is 6.13. The van der Waals surface area contributed by atoms with Crippen LogP contribution in [0.25, 0.3) is 0 Å². The second kappa shape index (κ2) is 8.59. The van der Waals surface area contributed by atoms with E-state index in [1.54, 1.807) is 0 Å².